The second kappa shape index (κ2) is 4.11. The molecule has 0 aliphatic heterocycles. The lowest BCUT2D eigenvalue weighted by atomic mass is 11.0. The number of hydrogen-bond acceptors (Lipinski definition) is 2. The molecule has 66 valence electrons. The van der Waals surface area contributed by atoms with Crippen LogP contribution in [0, 0.1) is 0 Å². The molecule has 0 aromatic carbocycles. The fourth-order valence-corrected chi connectivity index (χ4v) is 1.56. The van der Waals surface area contributed by atoms with Gasteiger partial charge in [0, 0.05) is 0 Å². The Bertz CT molecular complexity index is 160. The summed E-state index contributed by atoms with van der Waals surface area (Å²) in [7, 11) is -0.386. The average molecular weight is 243 g/mol. The summed E-state index contributed by atoms with van der Waals surface area (Å²) < 4.78 is 21.8. The zero-order valence-corrected chi connectivity index (χ0v) is 9.66. The van der Waals surface area contributed by atoms with Crippen molar-refractivity contribution in [3.63, 3.8) is 0 Å². The van der Waals surface area contributed by atoms with Crippen LogP contribution in [0.25, 0.3) is 0 Å². The summed E-state index contributed by atoms with van der Waals surface area (Å²) in [4.78, 5) is 0. The normalized spacial score (nSPS) is 14.0. The van der Waals surface area contributed by atoms with E-state index in [9.17, 15) is 4.39 Å². The smallest absolute Gasteiger partial charge is 0.310 e. The van der Waals surface area contributed by atoms with E-state index in [1.54, 1.807) is 0 Å². The fraction of sp³-hybridized carbons (Fsp3) is 0.667. The molecule has 0 aliphatic rings. The van der Waals surface area contributed by atoms with E-state index in [0.717, 1.165) is 0 Å². The summed E-state index contributed by atoms with van der Waals surface area (Å²) in [6, 6.07) is 0. The molecule has 2 nitrogen and oxygen atoms in total. The van der Waals surface area contributed by atoms with Crippen LogP contribution in [-0.2, 0) is 9.16 Å². The molecular weight excluding hydrogens is 231 g/mol. The zero-order chi connectivity index (χ0) is 9.07. The van der Waals surface area contributed by atoms with Crippen molar-refractivity contribution in [2.45, 2.75) is 19.6 Å². The average Bonchev–Trinajstić information content (AvgIpc) is 1.80. The van der Waals surface area contributed by atoms with Gasteiger partial charge in [-0.2, -0.15) is 4.39 Å². The summed E-state index contributed by atoms with van der Waals surface area (Å²) >= 11 is 2.64. The lowest BCUT2D eigenvalue weighted by Crippen LogP contribution is -2.25. The highest BCUT2D eigenvalue weighted by Crippen LogP contribution is 2.19. The standard InChI is InChI=1S/C6H12BrFO2Si/c1-9-6(5(7)8)10-11(2,3)4/h1-4H3/b6-5-. The van der Waals surface area contributed by atoms with Crippen LogP contribution in [0.4, 0.5) is 4.39 Å². The summed E-state index contributed by atoms with van der Waals surface area (Å²) in [5, 5.41) is 0. The maximum Gasteiger partial charge on any atom is 0.310 e. The van der Waals surface area contributed by atoms with Gasteiger partial charge in [0.25, 0.3) is 0 Å². The number of halogens is 2. The minimum absolute atomic E-state index is 0.0656. The first-order chi connectivity index (χ1) is 4.87. The summed E-state index contributed by atoms with van der Waals surface area (Å²) in [5.41, 5.74) is 0. The van der Waals surface area contributed by atoms with Gasteiger partial charge in [0.2, 0.25) is 13.1 Å². The molecule has 0 aromatic heterocycles. The third kappa shape index (κ3) is 5.26. The van der Waals surface area contributed by atoms with E-state index in [0.29, 0.717) is 0 Å². The quantitative estimate of drug-likeness (QED) is 0.560. The van der Waals surface area contributed by atoms with Gasteiger partial charge in [0.1, 0.15) is 0 Å². The Morgan fingerprint density at radius 3 is 1.91 bits per heavy atom. The van der Waals surface area contributed by atoms with Crippen molar-refractivity contribution >= 4 is 24.2 Å². The van der Waals surface area contributed by atoms with Gasteiger partial charge in [-0.15, -0.1) is 0 Å². The van der Waals surface area contributed by atoms with E-state index in [1.807, 2.05) is 19.6 Å². The molecule has 0 fully saturated rings. The Balaban J connectivity index is 4.23. The molecule has 0 rings (SSSR count). The molecule has 0 atom stereocenters. The largest absolute Gasteiger partial charge is 0.517 e. The van der Waals surface area contributed by atoms with Crippen LogP contribution < -0.4 is 0 Å². The number of rotatable bonds is 3. The van der Waals surface area contributed by atoms with Crippen molar-refractivity contribution in [2.75, 3.05) is 7.11 Å². The lowest BCUT2D eigenvalue weighted by Gasteiger charge is -2.19. The number of hydrogen-bond donors (Lipinski definition) is 0. The van der Waals surface area contributed by atoms with E-state index in [2.05, 4.69) is 20.7 Å². The van der Waals surface area contributed by atoms with Crippen molar-refractivity contribution in [1.82, 2.24) is 0 Å². The van der Waals surface area contributed by atoms with E-state index in [-0.39, 0.29) is 5.95 Å². The summed E-state index contributed by atoms with van der Waals surface area (Å²) in [6.07, 6.45) is 0. The molecule has 0 amide bonds. The minimum atomic E-state index is -1.76. The van der Waals surface area contributed by atoms with Crippen LogP contribution in [0.2, 0.25) is 19.6 Å². The molecule has 0 radical (unpaired) electrons. The van der Waals surface area contributed by atoms with Gasteiger partial charge in [-0.3, -0.25) is 0 Å². The van der Waals surface area contributed by atoms with Crippen LogP contribution in [-0.4, -0.2) is 15.4 Å². The second-order valence-corrected chi connectivity index (χ2v) is 8.09. The second-order valence-electron chi connectivity index (χ2n) is 2.97. The molecule has 0 aliphatic carbocycles. The van der Waals surface area contributed by atoms with Gasteiger partial charge >= 0.3 is 5.95 Å². The highest BCUT2D eigenvalue weighted by atomic mass is 79.9. The number of ether oxygens (including phenoxy) is 1. The third-order valence-electron chi connectivity index (χ3n) is 0.739. The van der Waals surface area contributed by atoms with Crippen LogP contribution >= 0.6 is 15.9 Å². The minimum Gasteiger partial charge on any atom is -0.517 e. The van der Waals surface area contributed by atoms with E-state index in [4.69, 9.17) is 4.43 Å². The van der Waals surface area contributed by atoms with Crippen LogP contribution in [0.3, 0.4) is 0 Å². The number of methoxy groups -OCH3 is 1. The van der Waals surface area contributed by atoms with Gasteiger partial charge in [0.05, 0.1) is 7.11 Å². The first kappa shape index (κ1) is 11.0. The summed E-state index contributed by atoms with van der Waals surface area (Å²) in [6.45, 7) is 5.84. The Labute approximate surface area is 75.6 Å². The van der Waals surface area contributed by atoms with Gasteiger partial charge in [-0.25, -0.2) is 0 Å². The van der Waals surface area contributed by atoms with Crippen LogP contribution in [0.15, 0.2) is 10.7 Å². The molecule has 11 heavy (non-hydrogen) atoms. The van der Waals surface area contributed by atoms with Gasteiger partial charge in [-0.1, -0.05) is 0 Å². The van der Waals surface area contributed by atoms with Crippen LogP contribution in [0.1, 0.15) is 0 Å². The fourth-order valence-electron chi connectivity index (χ4n) is 0.435. The Hall–Kier alpha value is -0.0331. The Morgan fingerprint density at radius 2 is 1.82 bits per heavy atom. The Morgan fingerprint density at radius 1 is 1.36 bits per heavy atom. The predicted octanol–water partition coefficient (Wildman–Crippen LogP) is 2.98. The monoisotopic (exact) mass is 242 g/mol. The Kier molecular flexibility index (Phi) is 4.10. The maximum absolute atomic E-state index is 12.5. The molecule has 0 saturated carbocycles. The maximum atomic E-state index is 12.5. The van der Waals surface area contributed by atoms with Gasteiger partial charge < -0.3 is 9.16 Å². The molecule has 0 bridgehead atoms. The molecule has 0 N–H and O–H groups in total. The third-order valence-corrected chi connectivity index (χ3v) is 1.86. The van der Waals surface area contributed by atoms with Crippen molar-refractivity contribution in [3.05, 3.63) is 10.7 Å². The molecule has 5 heteroatoms. The predicted molar refractivity (Wildman–Crippen MR) is 48.5 cm³/mol. The topological polar surface area (TPSA) is 18.5 Å². The first-order valence-corrected chi connectivity index (χ1v) is 7.35. The van der Waals surface area contributed by atoms with E-state index < -0.39 is 13.1 Å². The molecule has 0 aromatic rings. The van der Waals surface area contributed by atoms with E-state index >= 15 is 0 Å². The van der Waals surface area contributed by atoms with Crippen LogP contribution in [0.5, 0.6) is 0 Å². The molecular formula is C6H12BrFO2Si. The summed E-state index contributed by atoms with van der Waals surface area (Å²) in [5.74, 6) is -0.0656. The SMILES string of the molecule is CO/C(O[Si](C)(C)C)=C(/F)Br. The zero-order valence-electron chi connectivity index (χ0n) is 7.07. The van der Waals surface area contributed by atoms with Crippen molar-refractivity contribution in [3.8, 4) is 0 Å². The molecule has 0 heterocycles. The van der Waals surface area contributed by atoms with Gasteiger partial charge in [-0.05, 0) is 35.6 Å². The molecule has 0 unspecified atom stereocenters. The molecule has 0 spiro atoms. The van der Waals surface area contributed by atoms with Crippen molar-refractivity contribution < 1.29 is 13.6 Å². The van der Waals surface area contributed by atoms with Gasteiger partial charge in [0.15, 0.2) is 0 Å². The highest BCUT2D eigenvalue weighted by molar-refractivity contribution is 9.11. The van der Waals surface area contributed by atoms with Crippen molar-refractivity contribution in [1.29, 1.82) is 0 Å². The first-order valence-electron chi connectivity index (χ1n) is 3.15. The molecule has 0 saturated heterocycles. The van der Waals surface area contributed by atoms with E-state index in [1.165, 1.54) is 7.11 Å². The van der Waals surface area contributed by atoms with Crippen molar-refractivity contribution in [2.24, 2.45) is 0 Å². The lowest BCUT2D eigenvalue weighted by molar-refractivity contribution is 0.138. The highest BCUT2D eigenvalue weighted by Gasteiger charge is 2.20.